The molecule has 0 radical (unpaired) electrons. The number of carbonyl (C=O) groups excluding carboxylic acids is 1. The zero-order valence-corrected chi connectivity index (χ0v) is 16.5. The van der Waals surface area contributed by atoms with Crippen molar-refractivity contribution in [2.75, 3.05) is 0 Å². The molecular formula is C21H22N4O4. The summed E-state index contributed by atoms with van der Waals surface area (Å²) in [6.45, 7) is 5.95. The molecule has 0 bridgehead atoms. The maximum atomic E-state index is 12.7. The molecule has 150 valence electrons. The van der Waals surface area contributed by atoms with Crippen molar-refractivity contribution >= 4 is 11.6 Å². The molecule has 8 heteroatoms. The SMILES string of the molecule is CC[C@H](C)[C@H](NC(=O)c1ccc(C)cc1)c1nc(-c2cccc([N+](=O)[O-])c2)no1. The number of nitrogens with zero attached hydrogens (tertiary/aromatic N) is 3. The van der Waals surface area contributed by atoms with Crippen molar-refractivity contribution < 1.29 is 14.2 Å². The number of hydrogen-bond acceptors (Lipinski definition) is 6. The van der Waals surface area contributed by atoms with E-state index in [9.17, 15) is 14.9 Å². The molecule has 0 saturated carbocycles. The van der Waals surface area contributed by atoms with Crippen molar-refractivity contribution in [1.29, 1.82) is 0 Å². The van der Waals surface area contributed by atoms with Crippen molar-refractivity contribution in [3.63, 3.8) is 0 Å². The third-order valence-electron chi connectivity index (χ3n) is 4.84. The first-order chi connectivity index (χ1) is 13.9. The minimum Gasteiger partial charge on any atom is -0.340 e. The van der Waals surface area contributed by atoms with Gasteiger partial charge in [0.2, 0.25) is 11.7 Å². The summed E-state index contributed by atoms with van der Waals surface area (Å²) in [5, 5.41) is 17.9. The lowest BCUT2D eigenvalue weighted by atomic mass is 9.98. The zero-order valence-electron chi connectivity index (χ0n) is 16.5. The molecule has 8 nitrogen and oxygen atoms in total. The molecule has 3 rings (SSSR count). The number of non-ortho nitro benzene ring substituents is 1. The molecule has 2 atom stereocenters. The first-order valence-electron chi connectivity index (χ1n) is 9.35. The van der Waals surface area contributed by atoms with Gasteiger partial charge in [-0.05, 0) is 25.0 Å². The fourth-order valence-corrected chi connectivity index (χ4v) is 2.85. The second kappa shape index (κ2) is 8.64. The number of rotatable bonds is 7. The van der Waals surface area contributed by atoms with Gasteiger partial charge < -0.3 is 9.84 Å². The maximum Gasteiger partial charge on any atom is 0.270 e. The standard InChI is InChI=1S/C21H22N4O4/c1-4-14(3)18(22-20(26)15-10-8-13(2)9-11-15)21-23-19(24-29-21)16-6-5-7-17(12-16)25(27)28/h5-12,14,18H,4H2,1-3H3,(H,22,26)/t14-,18-/m0/s1. The topological polar surface area (TPSA) is 111 Å². The Morgan fingerprint density at radius 1 is 1.24 bits per heavy atom. The van der Waals surface area contributed by atoms with Crippen LogP contribution < -0.4 is 5.32 Å². The predicted molar refractivity (Wildman–Crippen MR) is 107 cm³/mol. The zero-order chi connectivity index (χ0) is 21.0. The molecule has 1 heterocycles. The molecule has 2 aromatic carbocycles. The second-order valence-corrected chi connectivity index (χ2v) is 6.97. The van der Waals surface area contributed by atoms with Crippen molar-refractivity contribution in [1.82, 2.24) is 15.5 Å². The highest BCUT2D eigenvalue weighted by molar-refractivity contribution is 5.94. The van der Waals surface area contributed by atoms with Crippen LogP contribution in [0.4, 0.5) is 5.69 Å². The van der Waals surface area contributed by atoms with Gasteiger partial charge >= 0.3 is 0 Å². The molecule has 0 aliphatic heterocycles. The van der Waals surface area contributed by atoms with Crippen LogP contribution in [0.1, 0.15) is 48.1 Å². The van der Waals surface area contributed by atoms with Gasteiger partial charge in [-0.15, -0.1) is 0 Å². The van der Waals surface area contributed by atoms with Crippen LogP contribution in [-0.2, 0) is 0 Å². The molecule has 3 aromatic rings. The minimum atomic E-state index is -0.478. The number of amides is 1. The van der Waals surface area contributed by atoms with E-state index in [1.807, 2.05) is 32.9 Å². The predicted octanol–water partition coefficient (Wildman–Crippen LogP) is 4.47. The van der Waals surface area contributed by atoms with Crippen LogP contribution in [0, 0.1) is 23.0 Å². The number of nitro benzene ring substituents is 1. The van der Waals surface area contributed by atoms with Crippen LogP contribution in [0.25, 0.3) is 11.4 Å². The van der Waals surface area contributed by atoms with Gasteiger partial charge in [-0.25, -0.2) is 0 Å². The summed E-state index contributed by atoms with van der Waals surface area (Å²) >= 11 is 0. The lowest BCUT2D eigenvalue weighted by Gasteiger charge is -2.20. The van der Waals surface area contributed by atoms with E-state index in [4.69, 9.17) is 4.52 Å². The summed E-state index contributed by atoms with van der Waals surface area (Å²) in [7, 11) is 0. The van der Waals surface area contributed by atoms with Gasteiger partial charge in [-0.3, -0.25) is 14.9 Å². The van der Waals surface area contributed by atoms with Gasteiger partial charge in [0.1, 0.15) is 6.04 Å². The average Bonchev–Trinajstić information content (AvgIpc) is 3.21. The van der Waals surface area contributed by atoms with E-state index in [1.54, 1.807) is 24.3 Å². The monoisotopic (exact) mass is 394 g/mol. The van der Waals surface area contributed by atoms with E-state index < -0.39 is 11.0 Å². The highest BCUT2D eigenvalue weighted by Gasteiger charge is 2.27. The molecule has 0 aliphatic rings. The van der Waals surface area contributed by atoms with Crippen LogP contribution in [-0.4, -0.2) is 21.0 Å². The smallest absolute Gasteiger partial charge is 0.270 e. The van der Waals surface area contributed by atoms with Gasteiger partial charge in [0.05, 0.1) is 4.92 Å². The molecular weight excluding hydrogens is 372 g/mol. The molecule has 1 N–H and O–H groups in total. The van der Waals surface area contributed by atoms with Crippen molar-refractivity contribution in [3.8, 4) is 11.4 Å². The molecule has 0 saturated heterocycles. The van der Waals surface area contributed by atoms with Crippen molar-refractivity contribution in [3.05, 3.63) is 75.7 Å². The Morgan fingerprint density at radius 3 is 2.62 bits per heavy atom. The summed E-state index contributed by atoms with van der Waals surface area (Å²) in [6.07, 6.45) is 0.785. The van der Waals surface area contributed by atoms with E-state index in [2.05, 4.69) is 15.5 Å². The third-order valence-corrected chi connectivity index (χ3v) is 4.84. The molecule has 0 unspecified atom stereocenters. The Bertz CT molecular complexity index is 1010. The highest BCUT2D eigenvalue weighted by Crippen LogP contribution is 2.27. The van der Waals surface area contributed by atoms with Crippen LogP contribution >= 0.6 is 0 Å². The van der Waals surface area contributed by atoms with Crippen molar-refractivity contribution in [2.45, 2.75) is 33.2 Å². The van der Waals surface area contributed by atoms with Gasteiger partial charge in [-0.1, -0.05) is 55.3 Å². The van der Waals surface area contributed by atoms with E-state index in [1.165, 1.54) is 12.1 Å². The number of hydrogen-bond donors (Lipinski definition) is 1. The Labute approximate surface area is 168 Å². The molecule has 1 aromatic heterocycles. The Kier molecular flexibility index (Phi) is 6.01. The molecule has 1 amide bonds. The molecule has 0 fully saturated rings. The van der Waals surface area contributed by atoms with Crippen LogP contribution in [0.5, 0.6) is 0 Å². The van der Waals surface area contributed by atoms with Gasteiger partial charge in [0.15, 0.2) is 0 Å². The quantitative estimate of drug-likeness (QED) is 0.467. The Balaban J connectivity index is 1.86. The van der Waals surface area contributed by atoms with E-state index in [0.717, 1.165) is 12.0 Å². The van der Waals surface area contributed by atoms with Gasteiger partial charge in [0, 0.05) is 23.3 Å². The summed E-state index contributed by atoms with van der Waals surface area (Å²) in [5.74, 6) is 0.316. The van der Waals surface area contributed by atoms with Crippen LogP contribution in [0.2, 0.25) is 0 Å². The normalized spacial score (nSPS) is 12.9. The first kappa shape index (κ1) is 20.2. The Morgan fingerprint density at radius 2 is 1.97 bits per heavy atom. The summed E-state index contributed by atoms with van der Waals surface area (Å²) < 4.78 is 5.41. The van der Waals surface area contributed by atoms with Crippen molar-refractivity contribution in [2.24, 2.45) is 5.92 Å². The first-order valence-corrected chi connectivity index (χ1v) is 9.35. The van der Waals surface area contributed by atoms with Gasteiger partial charge in [0.25, 0.3) is 11.6 Å². The van der Waals surface area contributed by atoms with Crippen LogP contribution in [0.15, 0.2) is 53.1 Å². The number of nitro groups is 1. The fraction of sp³-hybridized carbons (Fsp3) is 0.286. The highest BCUT2D eigenvalue weighted by atomic mass is 16.6. The number of benzene rings is 2. The lowest BCUT2D eigenvalue weighted by molar-refractivity contribution is -0.384. The number of nitrogens with one attached hydrogen (secondary N) is 1. The minimum absolute atomic E-state index is 0.0443. The van der Waals surface area contributed by atoms with Gasteiger partial charge in [-0.2, -0.15) is 4.98 Å². The lowest BCUT2D eigenvalue weighted by Crippen LogP contribution is -2.32. The summed E-state index contributed by atoms with van der Waals surface area (Å²) in [6, 6.07) is 12.8. The Hall–Kier alpha value is -3.55. The molecule has 0 spiro atoms. The van der Waals surface area contributed by atoms with E-state index in [0.29, 0.717) is 11.1 Å². The largest absolute Gasteiger partial charge is 0.340 e. The molecule has 0 aliphatic carbocycles. The van der Waals surface area contributed by atoms with Crippen LogP contribution in [0.3, 0.4) is 0 Å². The summed E-state index contributed by atoms with van der Waals surface area (Å²) in [5.41, 5.74) is 2.03. The summed E-state index contributed by atoms with van der Waals surface area (Å²) in [4.78, 5) is 27.6. The number of carbonyl (C=O) groups is 1. The number of aryl methyl sites for hydroxylation is 1. The average molecular weight is 394 g/mol. The number of aromatic nitrogens is 2. The maximum absolute atomic E-state index is 12.7. The molecule has 29 heavy (non-hydrogen) atoms. The fourth-order valence-electron chi connectivity index (χ4n) is 2.85. The second-order valence-electron chi connectivity index (χ2n) is 6.97. The third kappa shape index (κ3) is 4.66. The van der Waals surface area contributed by atoms with E-state index in [-0.39, 0.29) is 29.2 Å². The van der Waals surface area contributed by atoms with E-state index >= 15 is 0 Å².